The molecule has 0 radical (unpaired) electrons. The molecule has 2 aromatic carbocycles. The van der Waals surface area contributed by atoms with E-state index in [9.17, 15) is 13.6 Å². The van der Waals surface area contributed by atoms with Gasteiger partial charge in [-0.05, 0) is 36.2 Å². The number of urea groups is 1. The Morgan fingerprint density at radius 2 is 1.79 bits per heavy atom. The highest BCUT2D eigenvalue weighted by molar-refractivity contribution is 5.90. The van der Waals surface area contributed by atoms with Crippen LogP contribution in [0.1, 0.15) is 11.1 Å². The second-order valence-electron chi connectivity index (χ2n) is 5.66. The molecule has 0 atom stereocenters. The van der Waals surface area contributed by atoms with Crippen molar-refractivity contribution in [3.05, 3.63) is 53.1 Å². The van der Waals surface area contributed by atoms with Crippen LogP contribution < -0.4 is 14.8 Å². The predicted molar refractivity (Wildman–Crippen MR) is 82.1 cm³/mol. The number of halogens is 2. The fourth-order valence-corrected chi connectivity index (χ4v) is 2.94. The highest BCUT2D eigenvalue weighted by Crippen LogP contribution is 2.34. The molecule has 4 rings (SSSR count). The summed E-state index contributed by atoms with van der Waals surface area (Å²) >= 11 is 0. The first-order chi connectivity index (χ1) is 11.6. The van der Waals surface area contributed by atoms with Gasteiger partial charge in [-0.15, -0.1) is 0 Å². The van der Waals surface area contributed by atoms with E-state index in [2.05, 4.69) is 5.32 Å². The summed E-state index contributed by atoms with van der Waals surface area (Å²) in [5, 5.41) is 2.74. The molecule has 0 spiro atoms. The van der Waals surface area contributed by atoms with Crippen molar-refractivity contribution in [3.8, 4) is 11.5 Å². The largest absolute Gasteiger partial charge is 0.454 e. The molecule has 0 aliphatic carbocycles. The van der Waals surface area contributed by atoms with Gasteiger partial charge >= 0.3 is 6.03 Å². The third kappa shape index (κ3) is 2.51. The SMILES string of the molecule is O=C(Nc1ccc2c(c1)OCO2)N1CCc2c(F)ccc(F)c2C1. The number of nitrogens with one attached hydrogen (secondary N) is 1. The molecular weight excluding hydrogens is 318 g/mol. The molecule has 0 saturated carbocycles. The van der Waals surface area contributed by atoms with Gasteiger partial charge < -0.3 is 19.7 Å². The number of carbonyl (C=O) groups is 1. The summed E-state index contributed by atoms with van der Waals surface area (Å²) in [6, 6.07) is 6.91. The van der Waals surface area contributed by atoms with Crippen LogP contribution in [0.3, 0.4) is 0 Å². The van der Waals surface area contributed by atoms with Crippen molar-refractivity contribution in [2.45, 2.75) is 13.0 Å². The van der Waals surface area contributed by atoms with Crippen molar-refractivity contribution in [1.82, 2.24) is 4.90 Å². The first-order valence-corrected chi connectivity index (χ1v) is 7.53. The van der Waals surface area contributed by atoms with Gasteiger partial charge in [-0.2, -0.15) is 0 Å². The lowest BCUT2D eigenvalue weighted by Gasteiger charge is -2.29. The molecule has 0 unspecified atom stereocenters. The lowest BCUT2D eigenvalue weighted by atomic mass is 9.99. The third-order valence-corrected chi connectivity index (χ3v) is 4.21. The second kappa shape index (κ2) is 5.67. The number of anilines is 1. The van der Waals surface area contributed by atoms with Crippen LogP contribution in [-0.4, -0.2) is 24.3 Å². The van der Waals surface area contributed by atoms with Crippen LogP contribution in [0.15, 0.2) is 30.3 Å². The molecule has 2 aliphatic heterocycles. The Kier molecular flexibility index (Phi) is 3.48. The Hall–Kier alpha value is -2.83. The van der Waals surface area contributed by atoms with Crippen molar-refractivity contribution in [2.75, 3.05) is 18.7 Å². The number of benzene rings is 2. The van der Waals surface area contributed by atoms with Crippen molar-refractivity contribution in [3.63, 3.8) is 0 Å². The molecule has 5 nitrogen and oxygen atoms in total. The Balaban J connectivity index is 1.50. The summed E-state index contributed by atoms with van der Waals surface area (Å²) in [7, 11) is 0. The maximum absolute atomic E-state index is 13.9. The molecular formula is C17H14F2N2O3. The molecule has 0 aromatic heterocycles. The summed E-state index contributed by atoms with van der Waals surface area (Å²) < 4.78 is 38.1. The highest BCUT2D eigenvalue weighted by atomic mass is 19.1. The summed E-state index contributed by atoms with van der Waals surface area (Å²) in [5.41, 5.74) is 1.14. The smallest absolute Gasteiger partial charge is 0.322 e. The number of nitrogens with zero attached hydrogens (tertiary/aromatic N) is 1. The minimum absolute atomic E-state index is 0.0370. The topological polar surface area (TPSA) is 50.8 Å². The van der Waals surface area contributed by atoms with E-state index < -0.39 is 11.6 Å². The lowest BCUT2D eigenvalue weighted by molar-refractivity contribution is 0.174. The average Bonchev–Trinajstić information content (AvgIpc) is 3.05. The molecule has 2 aliphatic rings. The highest BCUT2D eigenvalue weighted by Gasteiger charge is 2.25. The summed E-state index contributed by atoms with van der Waals surface area (Å²) in [6.45, 7) is 0.513. The minimum Gasteiger partial charge on any atom is -0.454 e. The first kappa shape index (κ1) is 14.7. The van der Waals surface area contributed by atoms with E-state index in [4.69, 9.17) is 9.47 Å². The molecule has 2 heterocycles. The van der Waals surface area contributed by atoms with E-state index in [1.165, 1.54) is 4.90 Å². The van der Waals surface area contributed by atoms with Crippen LogP contribution in [0.4, 0.5) is 19.3 Å². The second-order valence-corrected chi connectivity index (χ2v) is 5.66. The van der Waals surface area contributed by atoms with E-state index in [0.29, 0.717) is 29.3 Å². The maximum Gasteiger partial charge on any atom is 0.322 e. The number of ether oxygens (including phenoxy) is 2. The van der Waals surface area contributed by atoms with Gasteiger partial charge in [0.05, 0.1) is 6.54 Å². The van der Waals surface area contributed by atoms with Crippen molar-refractivity contribution < 1.29 is 23.0 Å². The normalized spacial score (nSPS) is 15.2. The summed E-state index contributed by atoms with van der Waals surface area (Å²) in [5.74, 6) is 0.261. The van der Waals surface area contributed by atoms with E-state index in [0.717, 1.165) is 12.1 Å². The standard InChI is InChI=1S/C17H14F2N2O3/c18-13-2-3-14(19)12-8-21(6-5-11(12)13)17(22)20-10-1-4-15-16(7-10)24-9-23-15/h1-4,7H,5-6,8-9H2,(H,20,22). The van der Waals surface area contributed by atoms with Crippen LogP contribution in [0.5, 0.6) is 11.5 Å². The number of fused-ring (bicyclic) bond motifs is 2. The Morgan fingerprint density at radius 3 is 2.62 bits per heavy atom. The molecule has 2 amide bonds. The van der Waals surface area contributed by atoms with Gasteiger partial charge in [-0.1, -0.05) is 0 Å². The fourth-order valence-electron chi connectivity index (χ4n) is 2.94. The molecule has 124 valence electrons. The molecule has 24 heavy (non-hydrogen) atoms. The molecule has 2 aromatic rings. The molecule has 1 N–H and O–H groups in total. The number of hydrogen-bond acceptors (Lipinski definition) is 3. The van der Waals surface area contributed by atoms with Crippen LogP contribution in [0, 0.1) is 11.6 Å². The summed E-state index contributed by atoms with van der Waals surface area (Å²) in [6.07, 6.45) is 0.285. The van der Waals surface area contributed by atoms with Gasteiger partial charge in [0.15, 0.2) is 11.5 Å². The third-order valence-electron chi connectivity index (χ3n) is 4.21. The van der Waals surface area contributed by atoms with E-state index >= 15 is 0 Å². The average molecular weight is 332 g/mol. The van der Waals surface area contributed by atoms with Crippen molar-refractivity contribution >= 4 is 11.7 Å². The predicted octanol–water partition coefficient (Wildman–Crippen LogP) is 3.28. The lowest BCUT2D eigenvalue weighted by Crippen LogP contribution is -2.39. The first-order valence-electron chi connectivity index (χ1n) is 7.53. The van der Waals surface area contributed by atoms with Crippen LogP contribution in [0.2, 0.25) is 0 Å². The van der Waals surface area contributed by atoms with E-state index in [-0.39, 0.29) is 31.4 Å². The van der Waals surface area contributed by atoms with Gasteiger partial charge in [0.1, 0.15) is 11.6 Å². The fraction of sp³-hybridized carbons (Fsp3) is 0.235. The Labute approximate surface area is 136 Å². The van der Waals surface area contributed by atoms with E-state index in [1.54, 1.807) is 18.2 Å². The van der Waals surface area contributed by atoms with Gasteiger partial charge in [-0.25, -0.2) is 13.6 Å². The number of amides is 2. The van der Waals surface area contributed by atoms with Gasteiger partial charge in [0, 0.05) is 23.9 Å². The van der Waals surface area contributed by atoms with Crippen LogP contribution >= 0.6 is 0 Å². The number of carbonyl (C=O) groups excluding carboxylic acids is 1. The number of hydrogen-bond donors (Lipinski definition) is 1. The molecule has 0 saturated heterocycles. The Bertz CT molecular complexity index is 826. The zero-order valence-corrected chi connectivity index (χ0v) is 12.6. The molecule has 0 bridgehead atoms. The van der Waals surface area contributed by atoms with Crippen molar-refractivity contribution in [1.29, 1.82) is 0 Å². The molecule has 7 heteroatoms. The van der Waals surface area contributed by atoms with Crippen LogP contribution in [0.25, 0.3) is 0 Å². The van der Waals surface area contributed by atoms with Gasteiger partial charge in [-0.3, -0.25) is 0 Å². The zero-order valence-electron chi connectivity index (χ0n) is 12.6. The van der Waals surface area contributed by atoms with E-state index in [1.807, 2.05) is 0 Å². The van der Waals surface area contributed by atoms with Gasteiger partial charge in [0.25, 0.3) is 0 Å². The van der Waals surface area contributed by atoms with Crippen LogP contribution in [-0.2, 0) is 13.0 Å². The maximum atomic E-state index is 13.9. The molecule has 0 fully saturated rings. The quantitative estimate of drug-likeness (QED) is 0.872. The number of rotatable bonds is 1. The zero-order chi connectivity index (χ0) is 16.7. The van der Waals surface area contributed by atoms with Gasteiger partial charge in [0.2, 0.25) is 6.79 Å². The monoisotopic (exact) mass is 332 g/mol. The van der Waals surface area contributed by atoms with Crippen molar-refractivity contribution in [2.24, 2.45) is 0 Å². The summed E-state index contributed by atoms with van der Waals surface area (Å²) in [4.78, 5) is 13.9. The Morgan fingerprint density at radius 1 is 1.04 bits per heavy atom. The minimum atomic E-state index is -0.494.